The van der Waals surface area contributed by atoms with E-state index < -0.39 is 5.54 Å². The highest BCUT2D eigenvalue weighted by atomic mass is 16.2. The van der Waals surface area contributed by atoms with Gasteiger partial charge in [0.15, 0.2) is 5.82 Å². The Kier molecular flexibility index (Phi) is 5.81. The van der Waals surface area contributed by atoms with Crippen LogP contribution < -0.4 is 0 Å². The van der Waals surface area contributed by atoms with Gasteiger partial charge < -0.3 is 9.80 Å². The minimum Gasteiger partial charge on any atom is -0.318 e. The number of piperidine rings is 1. The summed E-state index contributed by atoms with van der Waals surface area (Å²) in [6, 6.07) is 3.06. The van der Waals surface area contributed by atoms with Crippen LogP contribution in [0.25, 0.3) is 0 Å². The van der Waals surface area contributed by atoms with Gasteiger partial charge in [-0.05, 0) is 66.4 Å². The van der Waals surface area contributed by atoms with E-state index in [1.807, 2.05) is 15.8 Å². The van der Waals surface area contributed by atoms with E-state index in [1.165, 1.54) is 0 Å². The highest BCUT2D eigenvalue weighted by molar-refractivity contribution is 6.48. The van der Waals surface area contributed by atoms with E-state index in [0.29, 0.717) is 25.3 Å². The van der Waals surface area contributed by atoms with E-state index in [-0.39, 0.29) is 12.2 Å². The van der Waals surface area contributed by atoms with E-state index in [2.05, 4.69) is 66.7 Å². The molecule has 3 aliphatic heterocycles. The maximum absolute atomic E-state index is 13.9. The lowest BCUT2D eigenvalue weighted by atomic mass is 9.83. The van der Waals surface area contributed by atoms with Crippen molar-refractivity contribution in [3.05, 3.63) is 24.0 Å². The molecule has 1 aromatic heterocycles. The number of amides is 2. The lowest BCUT2D eigenvalue weighted by Gasteiger charge is -2.50. The normalized spacial score (nSPS) is 29.3. The van der Waals surface area contributed by atoms with Crippen LogP contribution in [0.5, 0.6) is 0 Å². The minimum atomic E-state index is -0.482. The van der Waals surface area contributed by atoms with Gasteiger partial charge >= 0.3 is 6.03 Å². The summed E-state index contributed by atoms with van der Waals surface area (Å²) in [4.78, 5) is 34.9. The molecule has 36 heavy (non-hydrogen) atoms. The Hall–Kier alpha value is -2.56. The summed E-state index contributed by atoms with van der Waals surface area (Å²) in [5.74, 6) is 0.728. The zero-order valence-corrected chi connectivity index (χ0v) is 22.3. The Balaban J connectivity index is 1.32. The predicted octanol–water partition coefficient (Wildman–Crippen LogP) is 2.15. The molecule has 0 aromatic carbocycles. The number of hydrogen-bond acceptors (Lipinski definition) is 7. The molecular formula is C26H39N9O. The van der Waals surface area contributed by atoms with Crippen LogP contribution >= 0.6 is 0 Å². The molecular weight excluding hydrogens is 454 g/mol. The molecule has 0 radical (unpaired) electrons. The Morgan fingerprint density at radius 2 is 1.94 bits per heavy atom. The van der Waals surface area contributed by atoms with Gasteiger partial charge in [-0.3, -0.25) is 24.4 Å². The zero-order valence-electron chi connectivity index (χ0n) is 22.3. The number of urea groups is 1. The number of likely N-dealkylation sites (tertiary alicyclic amines) is 1. The summed E-state index contributed by atoms with van der Waals surface area (Å²) in [7, 11) is 6.26. The van der Waals surface area contributed by atoms with Gasteiger partial charge in [0.2, 0.25) is 0 Å². The fourth-order valence-corrected chi connectivity index (χ4v) is 6.03. The molecule has 0 N–H and O–H groups in total. The Morgan fingerprint density at radius 1 is 1.22 bits per heavy atom. The average Bonchev–Trinajstić information content (AvgIpc) is 3.76. The lowest BCUT2D eigenvalue weighted by Crippen LogP contribution is -2.71. The van der Waals surface area contributed by atoms with Gasteiger partial charge in [-0.1, -0.05) is 6.92 Å². The first-order valence-corrected chi connectivity index (χ1v) is 13.4. The predicted molar refractivity (Wildman–Crippen MR) is 141 cm³/mol. The summed E-state index contributed by atoms with van der Waals surface area (Å²) < 4.78 is 2.03. The summed E-state index contributed by atoms with van der Waals surface area (Å²) >= 11 is 0. The lowest BCUT2D eigenvalue weighted by molar-refractivity contribution is 0.0349. The third-order valence-electron chi connectivity index (χ3n) is 8.28. The Bertz CT molecular complexity index is 1120. The van der Waals surface area contributed by atoms with Crippen molar-refractivity contribution in [1.82, 2.24) is 34.3 Å². The number of nitrogens with zero attached hydrogens (tertiary/aromatic N) is 9. The number of rotatable bonds is 7. The quantitative estimate of drug-likeness (QED) is 0.582. The summed E-state index contributed by atoms with van der Waals surface area (Å²) in [5.41, 5.74) is 2.56. The van der Waals surface area contributed by atoms with Crippen LogP contribution in [0, 0.1) is 6.92 Å². The highest BCUT2D eigenvalue weighted by Gasteiger charge is 2.61. The molecule has 5 aliphatic rings. The van der Waals surface area contributed by atoms with E-state index in [1.54, 1.807) is 0 Å². The van der Waals surface area contributed by atoms with Gasteiger partial charge in [-0.15, -0.1) is 0 Å². The second-order valence-corrected chi connectivity index (χ2v) is 11.2. The summed E-state index contributed by atoms with van der Waals surface area (Å²) in [6.45, 7) is 8.08. The zero-order chi connectivity index (χ0) is 25.2. The first-order valence-electron chi connectivity index (χ1n) is 13.4. The Morgan fingerprint density at radius 3 is 2.58 bits per heavy atom. The highest BCUT2D eigenvalue weighted by Crippen LogP contribution is 2.44. The number of aliphatic imine (C=N–C) groups is 2. The van der Waals surface area contributed by atoms with Crippen molar-refractivity contribution < 1.29 is 4.79 Å². The molecule has 3 fully saturated rings. The van der Waals surface area contributed by atoms with Crippen LogP contribution in [0.3, 0.4) is 0 Å². The number of likely N-dealkylation sites (N-methyl/N-ethyl adjacent to an activating group) is 3. The topological polar surface area (TPSA) is 75.8 Å². The second kappa shape index (κ2) is 8.78. The molecule has 0 bridgehead atoms. The van der Waals surface area contributed by atoms with E-state index in [0.717, 1.165) is 68.3 Å². The third-order valence-corrected chi connectivity index (χ3v) is 8.28. The van der Waals surface area contributed by atoms with Crippen molar-refractivity contribution in [2.75, 3.05) is 47.4 Å². The standard InChI is InChI=1S/C26H39N9O/c1-6-32-16-21(28-22-15-18(2)34(29-22)14-13-30(3)4)23-26(31(5)17-27-23)11-12-33(24(26)32)25(36)35(19-7-8-19)20-9-10-20/h11-12,15,19-20,24H,6-10,13-14,16-17H2,1-5H3. The first-order chi connectivity index (χ1) is 17.3. The largest absolute Gasteiger partial charge is 0.325 e. The number of hydrogen-bond donors (Lipinski definition) is 0. The number of aryl methyl sites for hydroxylation is 1. The van der Waals surface area contributed by atoms with Crippen molar-refractivity contribution in [3.63, 3.8) is 0 Å². The van der Waals surface area contributed by atoms with E-state index in [4.69, 9.17) is 15.1 Å². The maximum atomic E-state index is 13.9. The van der Waals surface area contributed by atoms with Crippen LogP contribution in [-0.2, 0) is 6.54 Å². The second-order valence-electron chi connectivity index (χ2n) is 11.2. The monoisotopic (exact) mass is 493 g/mol. The molecule has 6 rings (SSSR count). The molecule has 2 aliphatic carbocycles. The molecule has 1 spiro atoms. The Labute approximate surface area is 213 Å². The average molecular weight is 494 g/mol. The SMILES string of the molecule is CCN1CC(=Nc2cc(C)n(CCN(C)C)n2)C2=NCN(C)C23C=CN(C(=O)N(C2CC2)C2CC2)C13. The van der Waals surface area contributed by atoms with Crippen molar-refractivity contribution in [2.24, 2.45) is 9.98 Å². The molecule has 1 aromatic rings. The van der Waals surface area contributed by atoms with Crippen molar-refractivity contribution in [2.45, 2.75) is 69.9 Å². The van der Waals surface area contributed by atoms with Gasteiger partial charge in [-0.2, -0.15) is 5.10 Å². The number of aromatic nitrogens is 2. The van der Waals surface area contributed by atoms with Crippen LogP contribution in [0.4, 0.5) is 10.6 Å². The fraction of sp³-hybridized carbons (Fsp3) is 0.692. The molecule has 10 nitrogen and oxygen atoms in total. The van der Waals surface area contributed by atoms with Gasteiger partial charge in [0.05, 0.1) is 24.6 Å². The number of carbonyl (C=O) groups excluding carboxylic acids is 1. The minimum absolute atomic E-state index is 0.111. The van der Waals surface area contributed by atoms with Crippen molar-refractivity contribution in [3.8, 4) is 0 Å². The van der Waals surface area contributed by atoms with E-state index in [9.17, 15) is 4.79 Å². The molecule has 1 saturated heterocycles. The smallest absolute Gasteiger partial charge is 0.318 e. The van der Waals surface area contributed by atoms with Crippen LogP contribution in [-0.4, -0.2) is 123 Å². The maximum Gasteiger partial charge on any atom is 0.325 e. The summed E-state index contributed by atoms with van der Waals surface area (Å²) in [5, 5.41) is 4.79. The first kappa shape index (κ1) is 23.8. The van der Waals surface area contributed by atoms with Crippen molar-refractivity contribution in [1.29, 1.82) is 0 Å². The van der Waals surface area contributed by atoms with Crippen LogP contribution in [0.1, 0.15) is 38.3 Å². The molecule has 2 amide bonds. The van der Waals surface area contributed by atoms with Crippen LogP contribution in [0.15, 0.2) is 28.3 Å². The fourth-order valence-electron chi connectivity index (χ4n) is 6.03. The molecule has 2 atom stereocenters. The van der Waals surface area contributed by atoms with Gasteiger partial charge in [0.25, 0.3) is 0 Å². The molecule has 194 valence electrons. The third kappa shape index (κ3) is 3.81. The molecule has 4 heterocycles. The number of carbonyl (C=O) groups is 1. The molecule has 10 heteroatoms. The summed E-state index contributed by atoms with van der Waals surface area (Å²) in [6.07, 6.45) is 8.65. The molecule has 2 saturated carbocycles. The van der Waals surface area contributed by atoms with Crippen LogP contribution in [0.2, 0.25) is 0 Å². The molecule has 2 unspecified atom stereocenters. The van der Waals surface area contributed by atoms with Gasteiger partial charge in [0, 0.05) is 43.1 Å². The van der Waals surface area contributed by atoms with Gasteiger partial charge in [-0.25, -0.2) is 9.79 Å². The van der Waals surface area contributed by atoms with Gasteiger partial charge in [0.1, 0.15) is 11.7 Å². The van der Waals surface area contributed by atoms with E-state index >= 15 is 0 Å². The van der Waals surface area contributed by atoms with Crippen molar-refractivity contribution >= 4 is 23.3 Å².